The number of nitrogens with one attached hydrogen (secondary N) is 1. The van der Waals surface area contributed by atoms with Crippen molar-refractivity contribution in [3.8, 4) is 22.6 Å². The van der Waals surface area contributed by atoms with Gasteiger partial charge in [-0.05, 0) is 48.7 Å². The molecule has 7 nitrogen and oxygen atoms in total. The van der Waals surface area contributed by atoms with Gasteiger partial charge in [0.1, 0.15) is 17.1 Å². The SMILES string of the molecule is Cn1cc(-c2cc(CS(=O)(=O)N3CCCCC3)ccc2Oc2ccc(F)cc2F)c2cc[nH]c(=O)c21. The van der Waals surface area contributed by atoms with Crippen LogP contribution in [0, 0.1) is 11.6 Å². The minimum atomic E-state index is -3.53. The first-order valence-corrected chi connectivity index (χ1v) is 13.2. The molecular formula is C26H25F2N3O4S. The molecule has 0 bridgehead atoms. The largest absolute Gasteiger partial charge is 0.454 e. The van der Waals surface area contributed by atoms with Crippen molar-refractivity contribution in [2.45, 2.75) is 25.0 Å². The number of H-pyrrole nitrogens is 1. The van der Waals surface area contributed by atoms with Crippen molar-refractivity contribution in [2.75, 3.05) is 13.1 Å². The van der Waals surface area contributed by atoms with Gasteiger partial charge in [0.2, 0.25) is 10.0 Å². The molecule has 0 radical (unpaired) electrons. The van der Waals surface area contributed by atoms with Gasteiger partial charge in [0.05, 0.1) is 5.75 Å². The van der Waals surface area contributed by atoms with E-state index in [-0.39, 0.29) is 22.8 Å². The maximum absolute atomic E-state index is 14.4. The highest BCUT2D eigenvalue weighted by atomic mass is 32.2. The molecule has 0 atom stereocenters. The number of hydrogen-bond donors (Lipinski definition) is 1. The van der Waals surface area contributed by atoms with Crippen LogP contribution in [0.5, 0.6) is 11.5 Å². The van der Waals surface area contributed by atoms with Gasteiger partial charge >= 0.3 is 0 Å². The first-order chi connectivity index (χ1) is 17.2. The molecule has 2 aromatic heterocycles. The Morgan fingerprint density at radius 1 is 0.972 bits per heavy atom. The van der Waals surface area contributed by atoms with Crippen molar-refractivity contribution in [2.24, 2.45) is 7.05 Å². The van der Waals surface area contributed by atoms with Gasteiger partial charge in [-0.15, -0.1) is 0 Å². The smallest absolute Gasteiger partial charge is 0.272 e. The number of hydrogen-bond acceptors (Lipinski definition) is 4. The fourth-order valence-corrected chi connectivity index (χ4v) is 6.27. The normalized spacial score (nSPS) is 14.9. The molecule has 5 rings (SSSR count). The summed E-state index contributed by atoms with van der Waals surface area (Å²) in [4.78, 5) is 15.1. The van der Waals surface area contributed by atoms with Gasteiger partial charge in [0, 0.05) is 55.1 Å². The molecule has 0 amide bonds. The number of pyridine rings is 1. The average molecular weight is 514 g/mol. The number of sulfonamides is 1. The second-order valence-corrected chi connectivity index (χ2v) is 10.9. The average Bonchev–Trinajstić information content (AvgIpc) is 3.19. The van der Waals surface area contributed by atoms with Crippen LogP contribution < -0.4 is 10.3 Å². The maximum atomic E-state index is 14.4. The van der Waals surface area contributed by atoms with Crippen LogP contribution in [0.15, 0.2) is 59.7 Å². The van der Waals surface area contributed by atoms with Gasteiger partial charge < -0.3 is 14.3 Å². The Hall–Kier alpha value is -3.50. The van der Waals surface area contributed by atoms with E-state index in [1.54, 1.807) is 42.1 Å². The van der Waals surface area contributed by atoms with Gasteiger partial charge in [0.15, 0.2) is 11.6 Å². The molecule has 0 saturated carbocycles. The molecule has 1 aliphatic heterocycles. The van der Waals surface area contributed by atoms with E-state index in [1.165, 1.54) is 16.6 Å². The van der Waals surface area contributed by atoms with Crippen molar-refractivity contribution in [3.05, 3.63) is 82.4 Å². The predicted molar refractivity (Wildman–Crippen MR) is 133 cm³/mol. The molecule has 10 heteroatoms. The van der Waals surface area contributed by atoms with E-state index in [0.717, 1.165) is 31.4 Å². The second-order valence-electron chi connectivity index (χ2n) is 8.95. The van der Waals surface area contributed by atoms with Crippen molar-refractivity contribution in [3.63, 3.8) is 0 Å². The highest BCUT2D eigenvalue weighted by Gasteiger charge is 2.25. The van der Waals surface area contributed by atoms with Crippen molar-refractivity contribution in [1.82, 2.24) is 13.9 Å². The number of aromatic nitrogens is 2. The fourth-order valence-electron chi connectivity index (χ4n) is 4.67. The molecule has 2 aromatic carbocycles. The predicted octanol–water partition coefficient (Wildman–Crippen LogP) is 4.92. The Morgan fingerprint density at radius 2 is 1.72 bits per heavy atom. The third kappa shape index (κ3) is 4.66. The van der Waals surface area contributed by atoms with E-state index in [9.17, 15) is 22.0 Å². The monoisotopic (exact) mass is 513 g/mol. The summed E-state index contributed by atoms with van der Waals surface area (Å²) in [5.41, 5.74) is 1.79. The van der Waals surface area contributed by atoms with Crippen LogP contribution in [0.2, 0.25) is 0 Å². The Morgan fingerprint density at radius 3 is 2.47 bits per heavy atom. The lowest BCUT2D eigenvalue weighted by molar-refractivity contribution is 0.346. The summed E-state index contributed by atoms with van der Waals surface area (Å²) >= 11 is 0. The number of fused-ring (bicyclic) bond motifs is 1. The number of nitrogens with zero attached hydrogens (tertiary/aromatic N) is 2. The van der Waals surface area contributed by atoms with Gasteiger partial charge in [-0.1, -0.05) is 12.5 Å². The molecule has 3 heterocycles. The number of piperidine rings is 1. The summed E-state index contributed by atoms with van der Waals surface area (Å²) in [6.07, 6.45) is 5.96. The molecule has 0 aliphatic carbocycles. The minimum absolute atomic E-state index is 0.176. The summed E-state index contributed by atoms with van der Waals surface area (Å²) in [5.74, 6) is -1.73. The summed E-state index contributed by atoms with van der Waals surface area (Å²) in [6, 6.07) is 9.64. The van der Waals surface area contributed by atoms with Crippen LogP contribution >= 0.6 is 0 Å². The zero-order valence-electron chi connectivity index (χ0n) is 19.6. The molecule has 1 N–H and O–H groups in total. The third-order valence-corrected chi connectivity index (χ3v) is 8.26. The fraction of sp³-hybridized carbons (Fsp3) is 0.269. The molecule has 1 saturated heterocycles. The summed E-state index contributed by atoms with van der Waals surface area (Å²) in [6.45, 7) is 1.01. The molecule has 1 fully saturated rings. The van der Waals surface area contributed by atoms with E-state index < -0.39 is 21.7 Å². The molecule has 4 aromatic rings. The van der Waals surface area contributed by atoms with Crippen LogP contribution in [-0.2, 0) is 22.8 Å². The zero-order valence-corrected chi connectivity index (χ0v) is 20.4. The minimum Gasteiger partial charge on any atom is -0.454 e. The zero-order chi connectivity index (χ0) is 25.4. The van der Waals surface area contributed by atoms with E-state index in [0.29, 0.717) is 40.7 Å². The molecule has 1 aliphatic rings. The number of rotatable bonds is 6. The second kappa shape index (κ2) is 9.51. The van der Waals surface area contributed by atoms with Crippen LogP contribution in [0.25, 0.3) is 22.0 Å². The van der Waals surface area contributed by atoms with Gasteiger partial charge in [0.25, 0.3) is 5.56 Å². The lowest BCUT2D eigenvalue weighted by Gasteiger charge is -2.26. The van der Waals surface area contributed by atoms with Gasteiger partial charge in [-0.3, -0.25) is 4.79 Å². The van der Waals surface area contributed by atoms with E-state index in [1.807, 2.05) is 0 Å². The Balaban J connectivity index is 1.62. The van der Waals surface area contributed by atoms with E-state index >= 15 is 0 Å². The van der Waals surface area contributed by atoms with Crippen molar-refractivity contribution in [1.29, 1.82) is 0 Å². The van der Waals surface area contributed by atoms with Gasteiger partial charge in [-0.2, -0.15) is 0 Å². The lowest BCUT2D eigenvalue weighted by atomic mass is 10.0. The topological polar surface area (TPSA) is 84.4 Å². The first-order valence-electron chi connectivity index (χ1n) is 11.6. The van der Waals surface area contributed by atoms with Crippen LogP contribution in [0.3, 0.4) is 0 Å². The highest BCUT2D eigenvalue weighted by molar-refractivity contribution is 7.88. The number of benzene rings is 2. The van der Waals surface area contributed by atoms with Crippen LogP contribution in [-0.4, -0.2) is 35.4 Å². The molecule has 0 unspecified atom stereocenters. The number of halogens is 2. The maximum Gasteiger partial charge on any atom is 0.272 e. The van der Waals surface area contributed by atoms with E-state index in [2.05, 4.69) is 4.98 Å². The summed E-state index contributed by atoms with van der Waals surface area (Å²) in [7, 11) is -1.80. The molecule has 0 spiro atoms. The van der Waals surface area contributed by atoms with E-state index in [4.69, 9.17) is 4.74 Å². The van der Waals surface area contributed by atoms with Crippen molar-refractivity contribution < 1.29 is 21.9 Å². The lowest BCUT2D eigenvalue weighted by Crippen LogP contribution is -2.36. The third-order valence-electron chi connectivity index (χ3n) is 6.41. The molecule has 188 valence electrons. The van der Waals surface area contributed by atoms with Crippen LogP contribution in [0.1, 0.15) is 24.8 Å². The number of aromatic amines is 1. The molecule has 36 heavy (non-hydrogen) atoms. The summed E-state index contributed by atoms with van der Waals surface area (Å²) in [5, 5.41) is 0.627. The first kappa shape index (κ1) is 24.2. The quantitative estimate of drug-likeness (QED) is 0.397. The summed E-state index contributed by atoms with van der Waals surface area (Å²) < 4.78 is 63.0. The van der Waals surface area contributed by atoms with Gasteiger partial charge in [-0.25, -0.2) is 21.5 Å². The molecular weight excluding hydrogens is 488 g/mol. The Labute approximate surface area is 207 Å². The Kier molecular flexibility index (Phi) is 6.40. The van der Waals surface area contributed by atoms with Crippen molar-refractivity contribution >= 4 is 20.9 Å². The standard InChI is InChI=1S/C26H25F2N3O4S/c1-30-15-21(19-9-10-29-26(32)25(19)30)20-13-17(16-36(33,34)31-11-3-2-4-12-31)5-7-23(20)35-24-8-6-18(27)14-22(24)28/h5-10,13-15H,2-4,11-12,16H2,1H3,(H,29,32). The Bertz CT molecular complexity index is 1610. The van der Waals surface area contributed by atoms with Crippen LogP contribution in [0.4, 0.5) is 8.78 Å². The highest BCUT2D eigenvalue weighted by Crippen LogP contribution is 2.39. The number of aryl methyl sites for hydroxylation is 1. The number of ether oxygens (including phenoxy) is 1.